The van der Waals surface area contributed by atoms with Crippen LogP contribution in [-0.2, 0) is 9.59 Å². The predicted octanol–water partition coefficient (Wildman–Crippen LogP) is 3.59. The number of anilines is 2. The number of benzene rings is 2. The smallest absolute Gasteiger partial charge is 0.335 e. The van der Waals surface area contributed by atoms with Gasteiger partial charge in [0.05, 0.1) is 25.6 Å². The van der Waals surface area contributed by atoms with Crippen molar-refractivity contribution in [1.29, 1.82) is 0 Å². The average Bonchev–Trinajstić information content (AvgIpc) is 3.30. The van der Waals surface area contributed by atoms with Crippen LogP contribution in [0.5, 0.6) is 11.5 Å². The van der Waals surface area contributed by atoms with E-state index in [2.05, 4.69) is 10.2 Å². The second-order valence-electron chi connectivity index (χ2n) is 8.26. The average molecular weight is 450 g/mol. The van der Waals surface area contributed by atoms with Gasteiger partial charge in [0, 0.05) is 24.7 Å². The first-order chi connectivity index (χ1) is 15.8. The van der Waals surface area contributed by atoms with Crippen molar-refractivity contribution >= 4 is 35.3 Å². The minimum atomic E-state index is -0.777. The molecule has 0 radical (unpaired) electrons. The second-order valence-corrected chi connectivity index (χ2v) is 8.26. The van der Waals surface area contributed by atoms with E-state index in [1.54, 1.807) is 25.3 Å². The highest BCUT2D eigenvalue weighted by molar-refractivity contribution is 6.39. The van der Waals surface area contributed by atoms with Gasteiger partial charge in [0.15, 0.2) is 0 Å². The number of aryl methyl sites for hydroxylation is 2. The monoisotopic (exact) mass is 449 g/mol. The minimum Gasteiger partial charge on any atom is -0.496 e. The Balaban J connectivity index is 1.77. The fourth-order valence-corrected chi connectivity index (χ4v) is 4.35. The zero-order chi connectivity index (χ0) is 23.7. The van der Waals surface area contributed by atoms with Crippen LogP contribution in [0.25, 0.3) is 6.08 Å². The molecular formula is C25H27N3O5. The van der Waals surface area contributed by atoms with Gasteiger partial charge in [0.2, 0.25) is 0 Å². The summed E-state index contributed by atoms with van der Waals surface area (Å²) in [5.41, 5.74) is 3.45. The predicted molar refractivity (Wildman–Crippen MR) is 126 cm³/mol. The quantitative estimate of drug-likeness (QED) is 0.555. The van der Waals surface area contributed by atoms with Gasteiger partial charge in [-0.3, -0.25) is 14.9 Å². The maximum atomic E-state index is 13.3. The molecule has 0 bridgehead atoms. The van der Waals surface area contributed by atoms with Crippen LogP contribution in [0.2, 0.25) is 0 Å². The van der Waals surface area contributed by atoms with E-state index in [-0.39, 0.29) is 5.57 Å². The molecule has 8 heteroatoms. The van der Waals surface area contributed by atoms with E-state index in [0.29, 0.717) is 22.7 Å². The molecule has 0 unspecified atom stereocenters. The Labute approximate surface area is 192 Å². The van der Waals surface area contributed by atoms with Gasteiger partial charge in [0.25, 0.3) is 11.8 Å². The van der Waals surface area contributed by atoms with Crippen LogP contribution in [0.4, 0.5) is 16.2 Å². The third kappa shape index (κ3) is 4.28. The van der Waals surface area contributed by atoms with E-state index in [0.717, 1.165) is 47.6 Å². The summed E-state index contributed by atoms with van der Waals surface area (Å²) in [6.07, 6.45) is 3.65. The lowest BCUT2D eigenvalue weighted by atomic mass is 10.0. The van der Waals surface area contributed by atoms with Crippen molar-refractivity contribution in [2.75, 3.05) is 37.1 Å². The molecule has 0 aliphatic carbocycles. The van der Waals surface area contributed by atoms with Crippen molar-refractivity contribution in [3.8, 4) is 11.5 Å². The third-order valence-electron chi connectivity index (χ3n) is 5.84. The number of methoxy groups -OCH3 is 2. The molecular weight excluding hydrogens is 422 g/mol. The third-order valence-corrected chi connectivity index (χ3v) is 5.84. The fourth-order valence-electron chi connectivity index (χ4n) is 4.35. The molecule has 4 rings (SSSR count). The lowest BCUT2D eigenvalue weighted by Crippen LogP contribution is -2.54. The van der Waals surface area contributed by atoms with Crippen LogP contribution in [0.1, 0.15) is 29.5 Å². The molecule has 2 aromatic carbocycles. The van der Waals surface area contributed by atoms with E-state index >= 15 is 0 Å². The molecule has 0 aromatic heterocycles. The summed E-state index contributed by atoms with van der Waals surface area (Å²) in [6.45, 7) is 5.61. The standard InChI is InChI=1S/C25H27N3O5/c1-15-9-16(2)11-18(10-15)28-24(30)19(23(29)26-25(28)31)12-17-13-22(33-4)20(14-21(17)32-3)27-7-5-6-8-27/h9-14H,5-8H2,1-4H3,(H,26,29,31)/b19-12+. The molecule has 4 amide bonds. The number of ether oxygens (including phenoxy) is 2. The number of imide groups is 2. The number of hydrogen-bond donors (Lipinski definition) is 1. The molecule has 1 N–H and O–H groups in total. The summed E-state index contributed by atoms with van der Waals surface area (Å²) in [5, 5.41) is 2.27. The fraction of sp³-hybridized carbons (Fsp3) is 0.320. The van der Waals surface area contributed by atoms with E-state index in [1.165, 1.54) is 13.2 Å². The van der Waals surface area contributed by atoms with Crippen LogP contribution in [0.15, 0.2) is 35.9 Å². The molecule has 172 valence electrons. The zero-order valence-corrected chi connectivity index (χ0v) is 19.2. The van der Waals surface area contributed by atoms with Gasteiger partial charge in [-0.05, 0) is 62.1 Å². The van der Waals surface area contributed by atoms with Gasteiger partial charge < -0.3 is 14.4 Å². The Hall–Kier alpha value is -3.81. The number of hydrogen-bond acceptors (Lipinski definition) is 6. The van der Waals surface area contributed by atoms with Crippen molar-refractivity contribution in [1.82, 2.24) is 5.32 Å². The molecule has 0 atom stereocenters. The summed E-state index contributed by atoms with van der Waals surface area (Å²) in [4.78, 5) is 41.7. The van der Waals surface area contributed by atoms with Crippen LogP contribution < -0.4 is 24.6 Å². The first-order valence-corrected chi connectivity index (χ1v) is 10.8. The maximum absolute atomic E-state index is 13.3. The molecule has 2 fully saturated rings. The molecule has 2 heterocycles. The normalized spacial score (nSPS) is 17.6. The number of urea groups is 1. The molecule has 0 saturated carbocycles. The molecule has 2 aliphatic rings. The van der Waals surface area contributed by atoms with Crippen molar-refractivity contribution < 1.29 is 23.9 Å². The van der Waals surface area contributed by atoms with E-state index < -0.39 is 17.8 Å². The summed E-state index contributed by atoms with van der Waals surface area (Å²) >= 11 is 0. The molecule has 2 aromatic rings. The van der Waals surface area contributed by atoms with Crippen molar-refractivity contribution in [2.24, 2.45) is 0 Å². The highest BCUT2D eigenvalue weighted by Crippen LogP contribution is 2.38. The topological polar surface area (TPSA) is 88.2 Å². The van der Waals surface area contributed by atoms with E-state index in [4.69, 9.17) is 9.47 Å². The summed E-state index contributed by atoms with van der Waals surface area (Å²) in [7, 11) is 3.11. The van der Waals surface area contributed by atoms with Gasteiger partial charge in [-0.15, -0.1) is 0 Å². The van der Waals surface area contributed by atoms with Crippen LogP contribution >= 0.6 is 0 Å². The van der Waals surface area contributed by atoms with Gasteiger partial charge in [-0.25, -0.2) is 9.69 Å². The van der Waals surface area contributed by atoms with Crippen LogP contribution in [0.3, 0.4) is 0 Å². The first-order valence-electron chi connectivity index (χ1n) is 10.8. The van der Waals surface area contributed by atoms with Gasteiger partial charge in [0.1, 0.15) is 17.1 Å². The Bertz CT molecular complexity index is 1140. The molecule has 33 heavy (non-hydrogen) atoms. The number of carbonyl (C=O) groups excluding carboxylic acids is 3. The van der Waals surface area contributed by atoms with Gasteiger partial charge in [-0.2, -0.15) is 0 Å². The first kappa shape index (κ1) is 22.4. The molecule has 0 spiro atoms. The lowest BCUT2D eigenvalue weighted by molar-refractivity contribution is -0.122. The largest absolute Gasteiger partial charge is 0.496 e. The number of nitrogens with one attached hydrogen (secondary N) is 1. The number of nitrogens with zero attached hydrogens (tertiary/aromatic N) is 2. The Morgan fingerprint density at radius 3 is 2.12 bits per heavy atom. The molecule has 8 nitrogen and oxygen atoms in total. The van der Waals surface area contributed by atoms with Gasteiger partial charge >= 0.3 is 6.03 Å². The lowest BCUT2D eigenvalue weighted by Gasteiger charge is -2.27. The highest BCUT2D eigenvalue weighted by Gasteiger charge is 2.37. The van der Waals surface area contributed by atoms with E-state index in [1.807, 2.05) is 26.0 Å². The van der Waals surface area contributed by atoms with Crippen molar-refractivity contribution in [3.05, 3.63) is 52.6 Å². The Morgan fingerprint density at radius 1 is 0.879 bits per heavy atom. The second kappa shape index (κ2) is 8.97. The van der Waals surface area contributed by atoms with Crippen molar-refractivity contribution in [3.63, 3.8) is 0 Å². The number of barbiturate groups is 1. The molecule has 2 aliphatic heterocycles. The number of rotatable bonds is 5. The highest BCUT2D eigenvalue weighted by atomic mass is 16.5. The van der Waals surface area contributed by atoms with Crippen LogP contribution in [0, 0.1) is 13.8 Å². The van der Waals surface area contributed by atoms with Crippen LogP contribution in [-0.4, -0.2) is 45.2 Å². The molecule has 2 saturated heterocycles. The summed E-state index contributed by atoms with van der Waals surface area (Å²) < 4.78 is 11.2. The zero-order valence-electron chi connectivity index (χ0n) is 19.2. The Morgan fingerprint density at radius 2 is 1.52 bits per heavy atom. The minimum absolute atomic E-state index is 0.164. The SMILES string of the molecule is COc1cc(N2CCCC2)c(OC)cc1/C=C1\C(=O)NC(=O)N(c2cc(C)cc(C)c2)C1=O. The summed E-state index contributed by atoms with van der Waals surface area (Å²) in [5.74, 6) is -0.329. The number of amides is 4. The Kier molecular flexibility index (Phi) is 6.09. The maximum Gasteiger partial charge on any atom is 0.335 e. The van der Waals surface area contributed by atoms with Gasteiger partial charge in [-0.1, -0.05) is 6.07 Å². The van der Waals surface area contributed by atoms with Crippen molar-refractivity contribution in [2.45, 2.75) is 26.7 Å². The summed E-state index contributed by atoms with van der Waals surface area (Å²) in [6, 6.07) is 8.22. The number of carbonyl (C=O) groups is 3. The van der Waals surface area contributed by atoms with E-state index in [9.17, 15) is 14.4 Å².